The van der Waals surface area contributed by atoms with E-state index in [2.05, 4.69) is 17.4 Å². The van der Waals surface area contributed by atoms with Crippen molar-refractivity contribution < 1.29 is 9.53 Å². The molecule has 0 heterocycles. The first-order chi connectivity index (χ1) is 8.22. The number of benzene rings is 1. The molecule has 0 aromatic heterocycles. The lowest BCUT2D eigenvalue weighted by Crippen LogP contribution is -2.23. The van der Waals surface area contributed by atoms with Crippen molar-refractivity contribution >= 4 is 5.97 Å². The predicted molar refractivity (Wildman–Crippen MR) is 68.5 cm³/mol. The maximum absolute atomic E-state index is 11.1. The molecule has 1 aromatic rings. The third-order valence-electron chi connectivity index (χ3n) is 2.28. The Bertz CT molecular complexity index is 360. The summed E-state index contributed by atoms with van der Waals surface area (Å²) in [5.74, 6) is -0.291. The van der Waals surface area contributed by atoms with Crippen LogP contribution in [0, 0.1) is 0 Å². The number of ether oxygens (including phenoxy) is 1. The second kappa shape index (κ2) is 7.63. The van der Waals surface area contributed by atoms with Gasteiger partial charge in [0.05, 0.1) is 6.61 Å². The van der Waals surface area contributed by atoms with E-state index in [4.69, 9.17) is 4.74 Å². The zero-order valence-electron chi connectivity index (χ0n) is 10.3. The van der Waals surface area contributed by atoms with Crippen LogP contribution in [-0.4, -0.2) is 18.6 Å². The van der Waals surface area contributed by atoms with Gasteiger partial charge in [-0.2, -0.15) is 0 Å². The van der Waals surface area contributed by atoms with Gasteiger partial charge in [0.2, 0.25) is 0 Å². The Labute approximate surface area is 102 Å². The van der Waals surface area contributed by atoms with Gasteiger partial charge in [-0.3, -0.25) is 0 Å². The minimum atomic E-state index is -0.291. The highest BCUT2D eigenvalue weighted by atomic mass is 16.5. The molecule has 0 aliphatic rings. The van der Waals surface area contributed by atoms with Gasteiger partial charge in [-0.15, -0.1) is 0 Å². The van der Waals surface area contributed by atoms with E-state index in [1.54, 1.807) is 13.0 Å². The monoisotopic (exact) mass is 233 g/mol. The van der Waals surface area contributed by atoms with Crippen molar-refractivity contribution in [3.63, 3.8) is 0 Å². The fourth-order valence-corrected chi connectivity index (χ4v) is 1.36. The highest BCUT2D eigenvalue weighted by Gasteiger charge is 1.99. The van der Waals surface area contributed by atoms with Crippen LogP contribution in [0.4, 0.5) is 0 Å². The van der Waals surface area contributed by atoms with E-state index in [-0.39, 0.29) is 12.0 Å². The summed E-state index contributed by atoms with van der Waals surface area (Å²) in [6, 6.07) is 10.3. The molecule has 0 saturated carbocycles. The lowest BCUT2D eigenvalue weighted by atomic mass is 10.2. The van der Waals surface area contributed by atoms with Crippen molar-refractivity contribution in [3.8, 4) is 0 Å². The summed E-state index contributed by atoms with van der Waals surface area (Å²) in [6.07, 6.45) is 3.27. The Balaban J connectivity index is 2.30. The molecule has 1 N–H and O–H groups in total. The summed E-state index contributed by atoms with van der Waals surface area (Å²) in [5, 5.41) is 3.30. The summed E-state index contributed by atoms with van der Waals surface area (Å²) in [4.78, 5) is 11.1. The van der Waals surface area contributed by atoms with Crippen LogP contribution in [0.2, 0.25) is 0 Å². The highest BCUT2D eigenvalue weighted by Crippen LogP contribution is 1.98. The molecule has 0 amide bonds. The Morgan fingerprint density at radius 3 is 2.76 bits per heavy atom. The van der Waals surface area contributed by atoms with E-state index in [0.717, 1.165) is 6.54 Å². The zero-order chi connectivity index (χ0) is 12.5. The molecule has 0 spiro atoms. The van der Waals surface area contributed by atoms with Gasteiger partial charge >= 0.3 is 5.97 Å². The van der Waals surface area contributed by atoms with Crippen molar-refractivity contribution in [1.82, 2.24) is 5.32 Å². The fourth-order valence-electron chi connectivity index (χ4n) is 1.36. The largest absolute Gasteiger partial charge is 0.463 e. The molecule has 1 rings (SSSR count). The fraction of sp³-hybridized carbons (Fsp3) is 0.357. The molecule has 3 nitrogen and oxygen atoms in total. The van der Waals surface area contributed by atoms with Crippen LogP contribution < -0.4 is 5.32 Å². The van der Waals surface area contributed by atoms with Gasteiger partial charge in [0.15, 0.2) is 0 Å². The average Bonchev–Trinajstić information content (AvgIpc) is 2.35. The molecular formula is C14H19NO2. The van der Waals surface area contributed by atoms with Crippen LogP contribution in [0.25, 0.3) is 0 Å². The first kappa shape index (κ1) is 13.5. The van der Waals surface area contributed by atoms with Gasteiger partial charge in [0.1, 0.15) is 0 Å². The first-order valence-electron chi connectivity index (χ1n) is 5.84. The Morgan fingerprint density at radius 2 is 2.12 bits per heavy atom. The number of esters is 1. The van der Waals surface area contributed by atoms with Crippen molar-refractivity contribution in [2.24, 2.45) is 0 Å². The summed E-state index contributed by atoms with van der Waals surface area (Å²) >= 11 is 0. The third kappa shape index (κ3) is 5.88. The molecule has 0 radical (unpaired) electrons. The number of hydrogen-bond acceptors (Lipinski definition) is 3. The van der Waals surface area contributed by atoms with E-state index in [9.17, 15) is 4.79 Å². The smallest absolute Gasteiger partial charge is 0.330 e. The van der Waals surface area contributed by atoms with Crippen LogP contribution in [-0.2, 0) is 16.1 Å². The summed E-state index contributed by atoms with van der Waals surface area (Å²) in [6.45, 7) is 4.99. The summed E-state index contributed by atoms with van der Waals surface area (Å²) < 4.78 is 4.80. The number of carbonyl (C=O) groups is 1. The van der Waals surface area contributed by atoms with Crippen molar-refractivity contribution in [2.75, 3.05) is 6.61 Å². The highest BCUT2D eigenvalue weighted by molar-refractivity contribution is 5.81. The number of rotatable bonds is 6. The van der Waals surface area contributed by atoms with Crippen molar-refractivity contribution in [1.29, 1.82) is 0 Å². The Morgan fingerprint density at radius 1 is 1.41 bits per heavy atom. The Kier molecular flexibility index (Phi) is 6.04. The molecule has 3 heteroatoms. The van der Waals surface area contributed by atoms with Gasteiger partial charge in [0.25, 0.3) is 0 Å². The molecule has 0 unspecified atom stereocenters. The molecule has 1 aromatic carbocycles. The topological polar surface area (TPSA) is 38.3 Å². The predicted octanol–water partition coefficient (Wildman–Crippen LogP) is 2.28. The maximum atomic E-state index is 11.1. The second-order valence-corrected chi connectivity index (χ2v) is 3.77. The summed E-state index contributed by atoms with van der Waals surface area (Å²) in [7, 11) is 0. The summed E-state index contributed by atoms with van der Waals surface area (Å²) in [5.41, 5.74) is 1.23. The van der Waals surface area contributed by atoms with E-state index in [1.807, 2.05) is 25.1 Å². The maximum Gasteiger partial charge on any atom is 0.330 e. The first-order valence-corrected chi connectivity index (χ1v) is 5.84. The lowest BCUT2D eigenvalue weighted by Gasteiger charge is -2.09. The quantitative estimate of drug-likeness (QED) is 0.605. The van der Waals surface area contributed by atoms with E-state index >= 15 is 0 Å². The van der Waals surface area contributed by atoms with Gasteiger partial charge in [0, 0.05) is 18.7 Å². The zero-order valence-corrected chi connectivity index (χ0v) is 10.3. The molecule has 0 saturated heterocycles. The molecule has 0 fully saturated rings. The van der Waals surface area contributed by atoms with Crippen LogP contribution in [0.5, 0.6) is 0 Å². The minimum absolute atomic E-state index is 0.139. The molecule has 0 aliphatic heterocycles. The van der Waals surface area contributed by atoms with Gasteiger partial charge < -0.3 is 10.1 Å². The van der Waals surface area contributed by atoms with Crippen LogP contribution in [0.15, 0.2) is 42.5 Å². The van der Waals surface area contributed by atoms with Crippen molar-refractivity contribution in [2.45, 2.75) is 26.4 Å². The van der Waals surface area contributed by atoms with Gasteiger partial charge in [-0.25, -0.2) is 4.79 Å². The SMILES string of the molecule is CCOC(=O)/C=C/[C@@H](C)NCc1ccccc1. The second-order valence-electron chi connectivity index (χ2n) is 3.77. The molecule has 0 bridgehead atoms. The minimum Gasteiger partial charge on any atom is -0.463 e. The van der Waals surface area contributed by atoms with E-state index < -0.39 is 0 Å². The molecule has 92 valence electrons. The number of carbonyl (C=O) groups excluding carboxylic acids is 1. The standard InChI is InChI=1S/C14H19NO2/c1-3-17-14(16)10-9-12(2)15-11-13-7-5-4-6-8-13/h4-10,12,15H,3,11H2,1-2H3/b10-9+/t12-/m1/s1. The van der Waals surface area contributed by atoms with E-state index in [1.165, 1.54) is 11.6 Å². The Hall–Kier alpha value is -1.61. The molecule has 0 aliphatic carbocycles. The number of hydrogen-bond donors (Lipinski definition) is 1. The van der Waals surface area contributed by atoms with Gasteiger partial charge in [-0.05, 0) is 19.4 Å². The van der Waals surface area contributed by atoms with Gasteiger partial charge in [-0.1, -0.05) is 36.4 Å². The average molecular weight is 233 g/mol. The normalized spacial score (nSPS) is 12.6. The molecule has 17 heavy (non-hydrogen) atoms. The van der Waals surface area contributed by atoms with Crippen LogP contribution in [0.1, 0.15) is 19.4 Å². The van der Waals surface area contributed by atoms with Crippen LogP contribution in [0.3, 0.4) is 0 Å². The lowest BCUT2D eigenvalue weighted by molar-refractivity contribution is -0.137. The van der Waals surface area contributed by atoms with E-state index in [0.29, 0.717) is 6.61 Å². The third-order valence-corrected chi connectivity index (χ3v) is 2.28. The molecular weight excluding hydrogens is 214 g/mol. The number of nitrogens with one attached hydrogen (secondary N) is 1. The van der Waals surface area contributed by atoms with Crippen LogP contribution >= 0.6 is 0 Å². The van der Waals surface area contributed by atoms with Crippen molar-refractivity contribution in [3.05, 3.63) is 48.0 Å². The molecule has 1 atom stereocenters.